The maximum absolute atomic E-state index is 13.3. The number of rotatable bonds is 4. The highest BCUT2D eigenvalue weighted by atomic mass is 19.1. The molecule has 4 heteroatoms. The van der Waals surface area contributed by atoms with Crippen LogP contribution >= 0.6 is 0 Å². The Morgan fingerprint density at radius 3 is 2.69 bits per heavy atom. The van der Waals surface area contributed by atoms with Gasteiger partial charge in [0.2, 0.25) is 0 Å². The first-order chi connectivity index (χ1) is 7.54. The second-order valence-corrected chi connectivity index (χ2v) is 3.71. The summed E-state index contributed by atoms with van der Waals surface area (Å²) in [6, 6.07) is 4.63. The minimum absolute atomic E-state index is 0.0802. The quantitative estimate of drug-likeness (QED) is 0.740. The van der Waals surface area contributed by atoms with Crippen molar-refractivity contribution in [3.63, 3.8) is 0 Å². The topological polar surface area (TPSA) is 35.5 Å². The van der Waals surface area contributed by atoms with Crippen molar-refractivity contribution in [2.75, 3.05) is 13.7 Å². The summed E-state index contributed by atoms with van der Waals surface area (Å²) in [5.74, 6) is -0.652. The Kier molecular flexibility index (Phi) is 4.28. The van der Waals surface area contributed by atoms with Crippen molar-refractivity contribution in [1.29, 1.82) is 0 Å². The summed E-state index contributed by atoms with van der Waals surface area (Å²) >= 11 is 0. The summed E-state index contributed by atoms with van der Waals surface area (Å²) in [6.07, 6.45) is 0. The van der Waals surface area contributed by atoms with Crippen LogP contribution in [0.2, 0.25) is 0 Å². The van der Waals surface area contributed by atoms with Crippen molar-refractivity contribution >= 4 is 5.97 Å². The Bertz CT molecular complexity index is 375. The molecule has 0 heterocycles. The third-order valence-corrected chi connectivity index (χ3v) is 2.20. The van der Waals surface area contributed by atoms with Crippen LogP contribution in [0.5, 0.6) is 5.75 Å². The third-order valence-electron chi connectivity index (χ3n) is 2.20. The molecular weight excluding hydrogens is 211 g/mol. The predicted molar refractivity (Wildman–Crippen MR) is 58.0 cm³/mol. The summed E-state index contributed by atoms with van der Waals surface area (Å²) < 4.78 is 22.7. The van der Waals surface area contributed by atoms with Gasteiger partial charge in [-0.2, -0.15) is 0 Å². The van der Waals surface area contributed by atoms with Crippen molar-refractivity contribution in [2.24, 2.45) is 0 Å². The van der Waals surface area contributed by atoms with Gasteiger partial charge in [-0.15, -0.1) is 0 Å². The van der Waals surface area contributed by atoms with E-state index in [0.29, 0.717) is 0 Å². The standard InChI is InChI=1S/C12H15FO3/c1-8(2)9-4-5-10(13)11(6-9)16-7-12(14)15-3/h4-6,8H,7H2,1-3H3. The summed E-state index contributed by atoms with van der Waals surface area (Å²) in [5.41, 5.74) is 0.960. The molecule has 0 bridgehead atoms. The van der Waals surface area contributed by atoms with E-state index in [9.17, 15) is 9.18 Å². The molecule has 0 unspecified atom stereocenters. The molecule has 0 aromatic heterocycles. The number of benzene rings is 1. The van der Waals surface area contributed by atoms with Crippen LogP contribution in [0.3, 0.4) is 0 Å². The smallest absolute Gasteiger partial charge is 0.343 e. The monoisotopic (exact) mass is 226 g/mol. The Hall–Kier alpha value is -1.58. The summed E-state index contributed by atoms with van der Waals surface area (Å²) in [4.78, 5) is 10.8. The average Bonchev–Trinajstić information content (AvgIpc) is 2.27. The van der Waals surface area contributed by atoms with Gasteiger partial charge in [0.1, 0.15) is 0 Å². The molecule has 1 aromatic carbocycles. The molecule has 0 saturated carbocycles. The molecule has 0 radical (unpaired) electrons. The zero-order valence-corrected chi connectivity index (χ0v) is 9.62. The second-order valence-electron chi connectivity index (χ2n) is 3.71. The van der Waals surface area contributed by atoms with E-state index in [2.05, 4.69) is 4.74 Å². The molecule has 0 spiro atoms. The molecule has 0 aliphatic rings. The lowest BCUT2D eigenvalue weighted by molar-refractivity contribution is -0.142. The highest BCUT2D eigenvalue weighted by Gasteiger charge is 2.09. The Morgan fingerprint density at radius 1 is 1.44 bits per heavy atom. The highest BCUT2D eigenvalue weighted by Crippen LogP contribution is 2.23. The average molecular weight is 226 g/mol. The largest absolute Gasteiger partial charge is 0.479 e. The van der Waals surface area contributed by atoms with Gasteiger partial charge in [0, 0.05) is 0 Å². The van der Waals surface area contributed by atoms with Crippen molar-refractivity contribution in [3.05, 3.63) is 29.6 Å². The summed E-state index contributed by atoms with van der Waals surface area (Å²) in [7, 11) is 1.26. The normalized spacial score (nSPS) is 10.3. The molecule has 0 fully saturated rings. The van der Waals surface area contributed by atoms with Crippen molar-refractivity contribution in [1.82, 2.24) is 0 Å². The number of hydrogen-bond donors (Lipinski definition) is 0. The van der Waals surface area contributed by atoms with E-state index in [1.54, 1.807) is 12.1 Å². The van der Waals surface area contributed by atoms with Gasteiger partial charge in [-0.3, -0.25) is 0 Å². The lowest BCUT2D eigenvalue weighted by Crippen LogP contribution is -2.13. The van der Waals surface area contributed by atoms with Crippen molar-refractivity contribution < 1.29 is 18.7 Å². The second kappa shape index (κ2) is 5.49. The van der Waals surface area contributed by atoms with Crippen molar-refractivity contribution in [3.8, 4) is 5.75 Å². The number of halogens is 1. The van der Waals surface area contributed by atoms with E-state index >= 15 is 0 Å². The molecule has 1 aromatic rings. The predicted octanol–water partition coefficient (Wildman–Crippen LogP) is 2.50. The number of ether oxygens (including phenoxy) is 2. The van der Waals surface area contributed by atoms with Gasteiger partial charge < -0.3 is 9.47 Å². The number of hydrogen-bond acceptors (Lipinski definition) is 3. The molecule has 88 valence electrons. The van der Waals surface area contributed by atoms with E-state index in [4.69, 9.17) is 4.74 Å². The fraction of sp³-hybridized carbons (Fsp3) is 0.417. The van der Waals surface area contributed by atoms with Gasteiger partial charge >= 0.3 is 5.97 Å². The van der Waals surface area contributed by atoms with Crippen LogP contribution in [0.25, 0.3) is 0 Å². The van der Waals surface area contributed by atoms with E-state index in [1.807, 2.05) is 13.8 Å². The molecular formula is C12H15FO3. The zero-order valence-electron chi connectivity index (χ0n) is 9.62. The maximum atomic E-state index is 13.3. The zero-order chi connectivity index (χ0) is 12.1. The molecule has 0 aliphatic heterocycles. The van der Waals surface area contributed by atoms with Crippen LogP contribution in [-0.4, -0.2) is 19.7 Å². The number of esters is 1. The fourth-order valence-corrected chi connectivity index (χ4v) is 1.19. The minimum atomic E-state index is -0.533. The molecule has 3 nitrogen and oxygen atoms in total. The van der Waals surface area contributed by atoms with Gasteiger partial charge in [0.25, 0.3) is 0 Å². The third kappa shape index (κ3) is 3.22. The first-order valence-corrected chi connectivity index (χ1v) is 5.03. The molecule has 0 amide bonds. The van der Waals surface area contributed by atoms with E-state index < -0.39 is 11.8 Å². The number of methoxy groups -OCH3 is 1. The fourth-order valence-electron chi connectivity index (χ4n) is 1.19. The Labute approximate surface area is 94.2 Å². The Morgan fingerprint density at radius 2 is 2.12 bits per heavy atom. The highest BCUT2D eigenvalue weighted by molar-refractivity contribution is 5.70. The summed E-state index contributed by atoms with van der Waals surface area (Å²) in [5, 5.41) is 0. The van der Waals surface area contributed by atoms with E-state index in [-0.39, 0.29) is 18.3 Å². The number of carbonyl (C=O) groups is 1. The maximum Gasteiger partial charge on any atom is 0.343 e. The molecule has 1 rings (SSSR count). The molecule has 0 atom stereocenters. The van der Waals surface area contributed by atoms with Crippen LogP contribution in [0.1, 0.15) is 25.3 Å². The molecule has 0 aliphatic carbocycles. The first-order valence-electron chi connectivity index (χ1n) is 5.03. The van der Waals surface area contributed by atoms with Crippen molar-refractivity contribution in [2.45, 2.75) is 19.8 Å². The van der Waals surface area contributed by atoms with Crippen LogP contribution < -0.4 is 4.74 Å². The van der Waals surface area contributed by atoms with E-state index in [1.165, 1.54) is 13.2 Å². The van der Waals surface area contributed by atoms with Gasteiger partial charge in [0.15, 0.2) is 18.2 Å². The van der Waals surface area contributed by atoms with Gasteiger partial charge in [-0.05, 0) is 23.6 Å². The lowest BCUT2D eigenvalue weighted by atomic mass is 10.0. The minimum Gasteiger partial charge on any atom is -0.479 e. The molecule has 0 saturated heterocycles. The number of carbonyl (C=O) groups excluding carboxylic acids is 1. The first kappa shape index (κ1) is 12.5. The van der Waals surface area contributed by atoms with Gasteiger partial charge in [-0.1, -0.05) is 19.9 Å². The van der Waals surface area contributed by atoms with Gasteiger partial charge in [-0.25, -0.2) is 9.18 Å². The van der Waals surface area contributed by atoms with Gasteiger partial charge in [0.05, 0.1) is 7.11 Å². The molecule has 16 heavy (non-hydrogen) atoms. The van der Waals surface area contributed by atoms with E-state index in [0.717, 1.165) is 5.56 Å². The SMILES string of the molecule is COC(=O)COc1cc(C(C)C)ccc1F. The van der Waals surface area contributed by atoms with Crippen LogP contribution in [0.15, 0.2) is 18.2 Å². The summed E-state index contributed by atoms with van der Waals surface area (Å²) in [6.45, 7) is 3.71. The van der Waals surface area contributed by atoms with Crippen LogP contribution in [0, 0.1) is 5.82 Å². The van der Waals surface area contributed by atoms with Crippen LogP contribution in [-0.2, 0) is 9.53 Å². The molecule has 0 N–H and O–H groups in total. The Balaban J connectivity index is 2.78. The van der Waals surface area contributed by atoms with Crippen LogP contribution in [0.4, 0.5) is 4.39 Å². The lowest BCUT2D eigenvalue weighted by Gasteiger charge is -2.10.